The Hall–Kier alpha value is -4.28. The lowest BCUT2D eigenvalue weighted by atomic mass is 10.1. The molecule has 9 nitrogen and oxygen atoms in total. The average molecular weight is 509 g/mol. The van der Waals surface area contributed by atoms with Crippen molar-refractivity contribution in [3.63, 3.8) is 0 Å². The molecule has 3 aromatic heterocycles. The fraction of sp³-hybridized carbons (Fsp3) is 0.308. The van der Waals surface area contributed by atoms with Crippen LogP contribution in [0.1, 0.15) is 22.5 Å². The monoisotopic (exact) mass is 508 g/mol. The van der Waals surface area contributed by atoms with E-state index in [0.717, 1.165) is 33.7 Å². The van der Waals surface area contributed by atoms with Crippen LogP contribution < -0.4 is 9.64 Å². The summed E-state index contributed by atoms with van der Waals surface area (Å²) in [5, 5.41) is 9.14. The van der Waals surface area contributed by atoms with Gasteiger partial charge in [-0.05, 0) is 31.5 Å². The predicted octanol–water partition coefficient (Wildman–Crippen LogP) is 4.40. The SMILES string of the molecule is Cc1cc2nc(C)c(Cc3ccccc3OC(F)F)n2cc1-c1cnc(N2CCN(C(=O)O)CC2)nc1. The summed E-state index contributed by atoms with van der Waals surface area (Å²) in [6.07, 6.45) is 4.95. The van der Waals surface area contributed by atoms with Crippen molar-refractivity contribution in [2.24, 2.45) is 0 Å². The van der Waals surface area contributed by atoms with E-state index in [-0.39, 0.29) is 5.75 Å². The molecule has 1 saturated heterocycles. The van der Waals surface area contributed by atoms with Crippen molar-refractivity contribution in [3.05, 3.63) is 71.4 Å². The van der Waals surface area contributed by atoms with Gasteiger partial charge in [-0.2, -0.15) is 8.78 Å². The highest BCUT2D eigenvalue weighted by molar-refractivity contribution is 5.69. The van der Waals surface area contributed by atoms with Gasteiger partial charge in [0.2, 0.25) is 5.95 Å². The second-order valence-corrected chi connectivity index (χ2v) is 8.93. The normalized spacial score (nSPS) is 14.0. The Labute approximate surface area is 212 Å². The number of rotatable bonds is 6. The van der Waals surface area contributed by atoms with Crippen LogP contribution in [0, 0.1) is 13.8 Å². The molecule has 192 valence electrons. The summed E-state index contributed by atoms with van der Waals surface area (Å²) in [6, 6.07) is 8.75. The van der Waals surface area contributed by atoms with Crippen molar-refractivity contribution in [2.45, 2.75) is 26.9 Å². The molecular weight excluding hydrogens is 482 g/mol. The quantitative estimate of drug-likeness (QED) is 0.412. The number of benzene rings is 1. The summed E-state index contributed by atoms with van der Waals surface area (Å²) in [6.45, 7) is 2.87. The van der Waals surface area contributed by atoms with Crippen LogP contribution in [-0.4, -0.2) is 68.2 Å². The summed E-state index contributed by atoms with van der Waals surface area (Å²) in [5.41, 5.74) is 5.82. The number of anilines is 1. The number of para-hydroxylation sites is 1. The first-order valence-corrected chi connectivity index (χ1v) is 11.9. The van der Waals surface area contributed by atoms with Crippen molar-refractivity contribution in [1.29, 1.82) is 0 Å². The lowest BCUT2D eigenvalue weighted by Gasteiger charge is -2.33. The average Bonchev–Trinajstić information content (AvgIpc) is 3.18. The molecule has 1 aliphatic rings. The van der Waals surface area contributed by atoms with Gasteiger partial charge < -0.3 is 24.0 Å². The number of amides is 1. The van der Waals surface area contributed by atoms with Gasteiger partial charge in [-0.25, -0.2) is 19.7 Å². The lowest BCUT2D eigenvalue weighted by Crippen LogP contribution is -2.48. The number of fused-ring (bicyclic) bond motifs is 1. The molecule has 0 radical (unpaired) electrons. The molecule has 0 aliphatic carbocycles. The van der Waals surface area contributed by atoms with E-state index in [1.54, 1.807) is 30.6 Å². The molecular formula is C26H26F2N6O3. The summed E-state index contributed by atoms with van der Waals surface area (Å²) < 4.78 is 32.5. The molecule has 11 heteroatoms. The number of aryl methyl sites for hydroxylation is 2. The standard InChI is InChI=1S/C26H26F2N6O3/c1-16-11-23-31-17(2)21(12-18-5-3-4-6-22(18)37-24(27)28)34(23)15-20(16)19-13-29-25(30-14-19)32-7-9-33(10-8-32)26(35)36/h3-6,11,13-15,24H,7-10,12H2,1-2H3,(H,35,36). The third-order valence-corrected chi connectivity index (χ3v) is 6.59. The highest BCUT2D eigenvalue weighted by atomic mass is 19.3. The largest absolute Gasteiger partial charge is 0.465 e. The first-order chi connectivity index (χ1) is 17.8. The minimum Gasteiger partial charge on any atom is -0.465 e. The highest BCUT2D eigenvalue weighted by Crippen LogP contribution is 2.29. The van der Waals surface area contributed by atoms with Crippen LogP contribution >= 0.6 is 0 Å². The molecule has 5 rings (SSSR count). The second-order valence-electron chi connectivity index (χ2n) is 8.93. The number of halogens is 2. The first kappa shape index (κ1) is 24.4. The lowest BCUT2D eigenvalue weighted by molar-refractivity contribution is -0.0504. The Morgan fingerprint density at radius 2 is 1.81 bits per heavy atom. The Bertz CT molecular complexity index is 1430. The highest BCUT2D eigenvalue weighted by Gasteiger charge is 2.22. The van der Waals surface area contributed by atoms with Crippen LogP contribution in [0.4, 0.5) is 19.5 Å². The number of imidazole rings is 1. The summed E-state index contributed by atoms with van der Waals surface area (Å²) in [5.74, 6) is 0.703. The molecule has 0 spiro atoms. The minimum absolute atomic E-state index is 0.146. The fourth-order valence-corrected chi connectivity index (χ4v) is 4.63. The number of alkyl halides is 2. The number of aromatic nitrogens is 4. The fourth-order valence-electron chi connectivity index (χ4n) is 4.63. The Kier molecular flexibility index (Phi) is 6.60. The van der Waals surface area contributed by atoms with Gasteiger partial charge in [0.1, 0.15) is 11.4 Å². The number of carboxylic acid groups (broad SMARTS) is 1. The maximum atomic E-state index is 12.9. The zero-order valence-electron chi connectivity index (χ0n) is 20.4. The maximum Gasteiger partial charge on any atom is 0.407 e. The molecule has 1 amide bonds. The number of ether oxygens (including phenoxy) is 1. The number of piperazine rings is 1. The van der Waals surface area contributed by atoms with Gasteiger partial charge >= 0.3 is 12.7 Å². The molecule has 37 heavy (non-hydrogen) atoms. The van der Waals surface area contributed by atoms with E-state index in [0.29, 0.717) is 44.1 Å². The van der Waals surface area contributed by atoms with Crippen LogP contribution in [0.3, 0.4) is 0 Å². The van der Waals surface area contributed by atoms with Crippen molar-refractivity contribution in [1.82, 2.24) is 24.3 Å². The topological polar surface area (TPSA) is 96.1 Å². The van der Waals surface area contributed by atoms with Gasteiger partial charge in [-0.1, -0.05) is 18.2 Å². The number of hydrogen-bond donors (Lipinski definition) is 1. The molecule has 1 aliphatic heterocycles. The van der Waals surface area contributed by atoms with Crippen LogP contribution in [0.15, 0.2) is 48.9 Å². The van der Waals surface area contributed by atoms with Gasteiger partial charge in [0, 0.05) is 73.6 Å². The summed E-state index contributed by atoms with van der Waals surface area (Å²) in [4.78, 5) is 28.3. The van der Waals surface area contributed by atoms with E-state index in [1.807, 2.05) is 35.4 Å². The van der Waals surface area contributed by atoms with E-state index in [2.05, 4.69) is 15.0 Å². The second kappa shape index (κ2) is 10.00. The van der Waals surface area contributed by atoms with Crippen LogP contribution in [0.5, 0.6) is 5.75 Å². The molecule has 0 atom stereocenters. The van der Waals surface area contributed by atoms with Crippen LogP contribution in [-0.2, 0) is 6.42 Å². The van der Waals surface area contributed by atoms with Gasteiger partial charge in [0.05, 0.1) is 5.69 Å². The zero-order valence-corrected chi connectivity index (χ0v) is 20.4. The Balaban J connectivity index is 1.43. The molecule has 1 fully saturated rings. The molecule has 1 aromatic carbocycles. The van der Waals surface area contributed by atoms with Crippen LogP contribution in [0.25, 0.3) is 16.8 Å². The molecule has 0 unspecified atom stereocenters. The van der Waals surface area contributed by atoms with Gasteiger partial charge in [-0.15, -0.1) is 0 Å². The number of pyridine rings is 1. The molecule has 4 aromatic rings. The first-order valence-electron chi connectivity index (χ1n) is 11.9. The molecule has 1 N–H and O–H groups in total. The molecule has 4 heterocycles. The van der Waals surface area contributed by atoms with Gasteiger partial charge in [-0.3, -0.25) is 0 Å². The van der Waals surface area contributed by atoms with Crippen molar-refractivity contribution >= 4 is 17.7 Å². The van der Waals surface area contributed by atoms with Crippen molar-refractivity contribution in [3.8, 4) is 16.9 Å². The van der Waals surface area contributed by atoms with E-state index in [4.69, 9.17) is 9.84 Å². The van der Waals surface area contributed by atoms with Gasteiger partial charge in [0.15, 0.2) is 0 Å². The smallest absolute Gasteiger partial charge is 0.407 e. The molecule has 0 bridgehead atoms. The van der Waals surface area contributed by atoms with E-state index >= 15 is 0 Å². The van der Waals surface area contributed by atoms with Gasteiger partial charge in [0.25, 0.3) is 0 Å². The maximum absolute atomic E-state index is 12.9. The number of nitrogens with zero attached hydrogens (tertiary/aromatic N) is 6. The zero-order chi connectivity index (χ0) is 26.1. The minimum atomic E-state index is -2.90. The number of carbonyl (C=O) groups is 1. The third kappa shape index (κ3) is 5.02. The van der Waals surface area contributed by atoms with Crippen molar-refractivity contribution in [2.75, 3.05) is 31.1 Å². The predicted molar refractivity (Wildman–Crippen MR) is 133 cm³/mol. The summed E-state index contributed by atoms with van der Waals surface area (Å²) >= 11 is 0. The number of hydrogen-bond acceptors (Lipinski definition) is 6. The van der Waals surface area contributed by atoms with Crippen LogP contribution in [0.2, 0.25) is 0 Å². The molecule has 0 saturated carbocycles. The Morgan fingerprint density at radius 3 is 2.49 bits per heavy atom. The van der Waals surface area contributed by atoms with Crippen molar-refractivity contribution < 1.29 is 23.4 Å². The Morgan fingerprint density at radius 1 is 1.11 bits per heavy atom. The van der Waals surface area contributed by atoms with E-state index in [1.165, 1.54) is 11.0 Å². The summed E-state index contributed by atoms with van der Waals surface area (Å²) in [7, 11) is 0. The van der Waals surface area contributed by atoms with E-state index in [9.17, 15) is 13.6 Å². The third-order valence-electron chi connectivity index (χ3n) is 6.59. The van der Waals surface area contributed by atoms with E-state index < -0.39 is 12.7 Å².